The van der Waals surface area contributed by atoms with Crippen molar-refractivity contribution in [2.24, 2.45) is 11.3 Å². The molecule has 4 heteroatoms. The van der Waals surface area contributed by atoms with Crippen molar-refractivity contribution in [3.8, 4) is 0 Å². The first-order valence-electron chi connectivity index (χ1n) is 10.3. The van der Waals surface area contributed by atoms with Crippen LogP contribution in [0.25, 0.3) is 0 Å². The molecular formula is C22H29N2O2+. The summed E-state index contributed by atoms with van der Waals surface area (Å²) >= 11 is 0. The number of anilines is 1. The monoisotopic (exact) mass is 353 g/mol. The molecular weight excluding hydrogens is 324 g/mol. The Labute approximate surface area is 155 Å². The Bertz CT molecular complexity index is 824. The molecule has 2 bridgehead atoms. The van der Waals surface area contributed by atoms with Gasteiger partial charge in [0.05, 0.1) is 44.1 Å². The standard InChI is InChI=1S/C22H29N2O2/c1-24-12-5-8-20-9-10-22(16(14-20)18(25)26-2)21(11-13-24,19(20)24)15-6-3-4-7-17(15)23-22/h3-4,6-7,16,19,23H,5,8-14H2,1-2H3/q+1/t16-,19+,20+,21+,22+,24?/m0/s1. The number of carbonyl (C=O) groups excluding carboxylic acids is 1. The summed E-state index contributed by atoms with van der Waals surface area (Å²) in [7, 11) is 4.07. The molecule has 1 aromatic rings. The summed E-state index contributed by atoms with van der Waals surface area (Å²) in [5, 5.41) is 3.96. The van der Waals surface area contributed by atoms with Crippen LogP contribution < -0.4 is 5.32 Å². The zero-order valence-electron chi connectivity index (χ0n) is 15.9. The Morgan fingerprint density at radius 3 is 2.88 bits per heavy atom. The maximum Gasteiger partial charge on any atom is 0.311 e. The molecule has 4 nitrogen and oxygen atoms in total. The van der Waals surface area contributed by atoms with Crippen molar-refractivity contribution in [2.75, 3.05) is 32.6 Å². The molecule has 0 aromatic heterocycles. The van der Waals surface area contributed by atoms with Gasteiger partial charge in [0, 0.05) is 17.5 Å². The van der Waals surface area contributed by atoms with Crippen molar-refractivity contribution in [1.29, 1.82) is 0 Å². The van der Waals surface area contributed by atoms with E-state index >= 15 is 0 Å². The van der Waals surface area contributed by atoms with Gasteiger partial charge in [-0.1, -0.05) is 18.2 Å². The van der Waals surface area contributed by atoms with Gasteiger partial charge >= 0.3 is 5.97 Å². The number of rotatable bonds is 1. The van der Waals surface area contributed by atoms with Crippen LogP contribution in [-0.2, 0) is 14.9 Å². The Balaban J connectivity index is 1.67. The molecule has 0 radical (unpaired) electrons. The molecule has 6 atom stereocenters. The average molecular weight is 353 g/mol. The van der Waals surface area contributed by atoms with Gasteiger partial charge in [-0.2, -0.15) is 0 Å². The maximum absolute atomic E-state index is 13.0. The Morgan fingerprint density at radius 2 is 2.04 bits per heavy atom. The summed E-state index contributed by atoms with van der Waals surface area (Å²) in [6.07, 6.45) is 7.19. The van der Waals surface area contributed by atoms with Gasteiger partial charge in [-0.3, -0.25) is 4.79 Å². The average Bonchev–Trinajstić information content (AvgIpc) is 3.15. The van der Waals surface area contributed by atoms with Crippen LogP contribution in [0.3, 0.4) is 0 Å². The number of nitrogens with one attached hydrogen (secondary N) is 1. The van der Waals surface area contributed by atoms with Gasteiger partial charge in [0.25, 0.3) is 0 Å². The molecule has 1 unspecified atom stereocenters. The Hall–Kier alpha value is -1.55. The normalized spacial score (nSPS) is 49.8. The number of esters is 1. The molecule has 1 aromatic carbocycles. The highest BCUT2D eigenvalue weighted by molar-refractivity contribution is 5.80. The molecule has 5 fully saturated rings. The molecule has 26 heavy (non-hydrogen) atoms. The van der Waals surface area contributed by atoms with E-state index in [0.29, 0.717) is 11.5 Å². The van der Waals surface area contributed by atoms with Crippen molar-refractivity contribution in [3.63, 3.8) is 0 Å². The lowest BCUT2D eigenvalue weighted by molar-refractivity contribution is -0.939. The van der Waals surface area contributed by atoms with Gasteiger partial charge in [-0.15, -0.1) is 0 Å². The lowest BCUT2D eigenvalue weighted by Crippen LogP contribution is -2.79. The van der Waals surface area contributed by atoms with E-state index in [2.05, 4.69) is 36.6 Å². The quantitative estimate of drug-likeness (QED) is 0.623. The molecule has 1 N–H and O–H groups in total. The third-order valence-electron chi connectivity index (χ3n) is 9.30. The topological polar surface area (TPSA) is 38.3 Å². The number of benzene rings is 1. The first-order valence-corrected chi connectivity index (χ1v) is 10.3. The fourth-order valence-corrected chi connectivity index (χ4v) is 8.79. The summed E-state index contributed by atoms with van der Waals surface area (Å²) in [6.45, 7) is 2.55. The fraction of sp³-hybridized carbons (Fsp3) is 0.682. The second-order valence-electron chi connectivity index (χ2n) is 9.94. The largest absolute Gasteiger partial charge is 0.469 e. The van der Waals surface area contributed by atoms with Gasteiger partial charge < -0.3 is 14.5 Å². The highest BCUT2D eigenvalue weighted by Gasteiger charge is 2.83. The van der Waals surface area contributed by atoms with E-state index in [9.17, 15) is 4.79 Å². The predicted molar refractivity (Wildman–Crippen MR) is 99.8 cm³/mol. The third-order valence-corrected chi connectivity index (χ3v) is 9.30. The lowest BCUT2D eigenvalue weighted by atomic mass is 9.38. The third kappa shape index (κ3) is 1.38. The number of fused-ring (bicyclic) bond motifs is 3. The first kappa shape index (κ1) is 15.5. The fourth-order valence-electron chi connectivity index (χ4n) is 8.79. The Kier molecular flexibility index (Phi) is 2.66. The van der Waals surface area contributed by atoms with Crippen LogP contribution in [0, 0.1) is 11.3 Å². The summed E-state index contributed by atoms with van der Waals surface area (Å²) < 4.78 is 6.58. The predicted octanol–water partition coefficient (Wildman–Crippen LogP) is 3.07. The second-order valence-corrected chi connectivity index (χ2v) is 9.94. The van der Waals surface area contributed by atoms with E-state index in [1.54, 1.807) is 7.11 Å². The number of nitrogens with zero attached hydrogens (tertiary/aromatic N) is 1. The molecule has 3 aliphatic heterocycles. The summed E-state index contributed by atoms with van der Waals surface area (Å²) in [5.41, 5.74) is 3.02. The number of likely N-dealkylation sites (N-methyl/N-ethyl adjacent to an activating group) is 1. The zero-order valence-corrected chi connectivity index (χ0v) is 15.9. The van der Waals surface area contributed by atoms with Crippen molar-refractivity contribution >= 4 is 11.7 Å². The molecule has 6 aliphatic rings. The van der Waals surface area contributed by atoms with Gasteiger partial charge in [-0.05, 0) is 43.7 Å². The smallest absolute Gasteiger partial charge is 0.311 e. The molecule has 3 heterocycles. The molecule has 3 saturated carbocycles. The Morgan fingerprint density at radius 1 is 1.19 bits per heavy atom. The number of hydrogen-bond donors (Lipinski definition) is 1. The van der Waals surface area contributed by atoms with Crippen molar-refractivity contribution in [3.05, 3.63) is 29.8 Å². The van der Waals surface area contributed by atoms with E-state index in [0.717, 1.165) is 12.8 Å². The summed E-state index contributed by atoms with van der Waals surface area (Å²) in [6, 6.07) is 9.56. The van der Waals surface area contributed by atoms with Crippen LogP contribution in [0.2, 0.25) is 0 Å². The number of hydrogen-bond acceptors (Lipinski definition) is 3. The number of methoxy groups -OCH3 is 1. The van der Waals surface area contributed by atoms with E-state index in [1.807, 2.05) is 0 Å². The van der Waals surface area contributed by atoms with Crippen LogP contribution in [0.15, 0.2) is 24.3 Å². The second kappa shape index (κ2) is 4.46. The van der Waals surface area contributed by atoms with Crippen molar-refractivity contribution in [2.45, 2.75) is 55.5 Å². The molecule has 2 saturated heterocycles. The van der Waals surface area contributed by atoms with Crippen LogP contribution in [-0.4, -0.2) is 49.3 Å². The van der Waals surface area contributed by atoms with E-state index in [1.165, 1.54) is 54.5 Å². The minimum atomic E-state index is -0.149. The number of carbonyl (C=O) groups is 1. The molecule has 3 spiro atoms. The van der Waals surface area contributed by atoms with Gasteiger partial charge in [0.2, 0.25) is 0 Å². The van der Waals surface area contributed by atoms with Gasteiger partial charge in [0.15, 0.2) is 0 Å². The first-order chi connectivity index (χ1) is 12.5. The van der Waals surface area contributed by atoms with Crippen LogP contribution >= 0.6 is 0 Å². The van der Waals surface area contributed by atoms with Crippen molar-refractivity contribution < 1.29 is 14.0 Å². The van der Waals surface area contributed by atoms with Crippen LogP contribution in [0.4, 0.5) is 5.69 Å². The van der Waals surface area contributed by atoms with Gasteiger partial charge in [-0.25, -0.2) is 0 Å². The maximum atomic E-state index is 13.0. The number of ether oxygens (including phenoxy) is 1. The highest BCUT2D eigenvalue weighted by atomic mass is 16.5. The SMILES string of the molecule is COC(=O)[C@@H]1C[C@@]23CCC[N+]4(C)CC[C@@]5(c6ccccc6N[C@]15CC2)[C@@H]34. The number of para-hydroxylation sites is 1. The van der Waals surface area contributed by atoms with E-state index in [-0.39, 0.29) is 22.8 Å². The number of piperidine rings is 1. The van der Waals surface area contributed by atoms with Crippen LogP contribution in [0.5, 0.6) is 0 Å². The van der Waals surface area contributed by atoms with E-state index < -0.39 is 0 Å². The molecule has 3 aliphatic carbocycles. The molecule has 138 valence electrons. The highest BCUT2D eigenvalue weighted by Crippen LogP contribution is 2.75. The van der Waals surface area contributed by atoms with Crippen LogP contribution in [0.1, 0.15) is 44.1 Å². The van der Waals surface area contributed by atoms with Gasteiger partial charge in [0.1, 0.15) is 6.04 Å². The molecule has 7 rings (SSSR count). The molecule has 0 amide bonds. The van der Waals surface area contributed by atoms with E-state index in [4.69, 9.17) is 4.74 Å². The zero-order chi connectivity index (χ0) is 17.8. The minimum Gasteiger partial charge on any atom is -0.469 e. The number of quaternary nitrogens is 1. The summed E-state index contributed by atoms with van der Waals surface area (Å²) in [4.78, 5) is 13.0. The van der Waals surface area contributed by atoms with Crippen molar-refractivity contribution in [1.82, 2.24) is 0 Å². The minimum absolute atomic E-state index is 0.00822. The summed E-state index contributed by atoms with van der Waals surface area (Å²) in [5.74, 6) is -0.0107. The lowest BCUT2D eigenvalue weighted by Gasteiger charge is -2.68.